The van der Waals surface area contributed by atoms with Crippen molar-refractivity contribution in [3.05, 3.63) is 83.4 Å². The van der Waals surface area contributed by atoms with Crippen LogP contribution < -0.4 is 10.6 Å². The smallest absolute Gasteiger partial charge is 0.328 e. The first-order valence-electron chi connectivity index (χ1n) is 9.37. The van der Waals surface area contributed by atoms with Crippen molar-refractivity contribution in [2.45, 2.75) is 26.5 Å². The third-order valence-electron chi connectivity index (χ3n) is 4.28. The first-order valence-corrected chi connectivity index (χ1v) is 9.37. The van der Waals surface area contributed by atoms with Crippen LogP contribution in [0.5, 0.6) is 0 Å². The van der Waals surface area contributed by atoms with Crippen LogP contribution in [0.4, 0.5) is 5.69 Å². The molecule has 0 aliphatic heterocycles. The third kappa shape index (κ3) is 5.32. The standard InChI is InChI=1S/C22H22N4O4/c1-14-7-6-10-17(11-14)26-21(28)19-18(23-13-24-19)20(27)25-15(2)22(29)30-12-16-8-4-3-5-9-16/h3-11,13,15H,12H2,1-2H3,(H,23,24)(H,25,27)(H,26,28). The first-order chi connectivity index (χ1) is 14.4. The van der Waals surface area contributed by atoms with Gasteiger partial charge in [0.05, 0.1) is 6.33 Å². The Hall–Kier alpha value is -3.94. The molecule has 0 saturated carbocycles. The normalized spacial score (nSPS) is 11.4. The summed E-state index contributed by atoms with van der Waals surface area (Å²) in [5.41, 5.74) is 2.30. The van der Waals surface area contributed by atoms with E-state index in [4.69, 9.17) is 4.74 Å². The van der Waals surface area contributed by atoms with Crippen molar-refractivity contribution in [2.75, 3.05) is 5.32 Å². The Kier molecular flexibility index (Phi) is 6.59. The molecule has 1 unspecified atom stereocenters. The van der Waals surface area contributed by atoms with Crippen molar-refractivity contribution >= 4 is 23.5 Å². The number of carbonyl (C=O) groups is 3. The molecule has 154 valence electrons. The van der Waals surface area contributed by atoms with Crippen LogP contribution >= 0.6 is 0 Å². The highest BCUT2D eigenvalue weighted by Gasteiger charge is 2.24. The van der Waals surface area contributed by atoms with Crippen molar-refractivity contribution in [1.82, 2.24) is 15.3 Å². The van der Waals surface area contributed by atoms with Gasteiger partial charge in [-0.15, -0.1) is 0 Å². The number of ether oxygens (including phenoxy) is 1. The van der Waals surface area contributed by atoms with Crippen LogP contribution in [0.25, 0.3) is 0 Å². The lowest BCUT2D eigenvalue weighted by molar-refractivity contribution is -0.146. The molecule has 2 amide bonds. The van der Waals surface area contributed by atoms with Crippen LogP contribution in [-0.2, 0) is 16.1 Å². The monoisotopic (exact) mass is 406 g/mol. The molecule has 3 aromatic rings. The fraction of sp³-hybridized carbons (Fsp3) is 0.182. The molecular weight excluding hydrogens is 384 g/mol. The maximum atomic E-state index is 12.6. The number of aromatic amines is 1. The number of amides is 2. The SMILES string of the molecule is Cc1cccc(NC(=O)c2nc[nH]c2C(=O)NC(C)C(=O)OCc2ccccc2)c1. The topological polar surface area (TPSA) is 113 Å². The number of aryl methyl sites for hydroxylation is 1. The van der Waals surface area contributed by atoms with E-state index >= 15 is 0 Å². The molecule has 3 rings (SSSR count). The van der Waals surface area contributed by atoms with Gasteiger partial charge in [-0.2, -0.15) is 0 Å². The number of nitrogens with one attached hydrogen (secondary N) is 3. The van der Waals surface area contributed by atoms with Gasteiger partial charge in [-0.3, -0.25) is 9.59 Å². The van der Waals surface area contributed by atoms with Gasteiger partial charge in [0.15, 0.2) is 5.69 Å². The Labute approximate surface area is 173 Å². The Morgan fingerprint density at radius 2 is 1.83 bits per heavy atom. The van der Waals surface area contributed by atoms with E-state index in [1.165, 1.54) is 13.3 Å². The zero-order valence-corrected chi connectivity index (χ0v) is 16.6. The van der Waals surface area contributed by atoms with Gasteiger partial charge in [-0.05, 0) is 37.1 Å². The highest BCUT2D eigenvalue weighted by molar-refractivity contribution is 6.10. The predicted octanol–water partition coefficient (Wildman–Crippen LogP) is 2.83. The van der Waals surface area contributed by atoms with Crippen molar-refractivity contribution in [3.63, 3.8) is 0 Å². The van der Waals surface area contributed by atoms with Crippen LogP contribution in [0.15, 0.2) is 60.9 Å². The van der Waals surface area contributed by atoms with E-state index in [0.29, 0.717) is 5.69 Å². The van der Waals surface area contributed by atoms with Gasteiger partial charge in [0.2, 0.25) is 0 Å². The van der Waals surface area contributed by atoms with Gasteiger partial charge < -0.3 is 20.4 Å². The maximum Gasteiger partial charge on any atom is 0.328 e. The lowest BCUT2D eigenvalue weighted by Gasteiger charge is -2.13. The van der Waals surface area contributed by atoms with E-state index in [0.717, 1.165) is 11.1 Å². The predicted molar refractivity (Wildman–Crippen MR) is 111 cm³/mol. The van der Waals surface area contributed by atoms with Gasteiger partial charge in [0.1, 0.15) is 18.3 Å². The number of anilines is 1. The maximum absolute atomic E-state index is 12.6. The van der Waals surface area contributed by atoms with Crippen LogP contribution in [0.1, 0.15) is 39.0 Å². The van der Waals surface area contributed by atoms with Gasteiger partial charge in [-0.1, -0.05) is 42.5 Å². The quantitative estimate of drug-likeness (QED) is 0.522. The summed E-state index contributed by atoms with van der Waals surface area (Å²) in [6, 6.07) is 15.6. The van der Waals surface area contributed by atoms with Gasteiger partial charge in [-0.25, -0.2) is 9.78 Å². The fourth-order valence-corrected chi connectivity index (χ4v) is 2.73. The second kappa shape index (κ2) is 9.51. The third-order valence-corrected chi connectivity index (χ3v) is 4.28. The fourth-order valence-electron chi connectivity index (χ4n) is 2.73. The highest BCUT2D eigenvalue weighted by atomic mass is 16.5. The second-order valence-corrected chi connectivity index (χ2v) is 6.74. The van der Waals surface area contributed by atoms with Gasteiger partial charge in [0.25, 0.3) is 11.8 Å². The molecule has 1 aromatic heterocycles. The minimum atomic E-state index is -0.905. The number of hydrogen-bond acceptors (Lipinski definition) is 5. The lowest BCUT2D eigenvalue weighted by atomic mass is 10.2. The van der Waals surface area contributed by atoms with Crippen LogP contribution in [0.3, 0.4) is 0 Å². The first kappa shape index (κ1) is 20.8. The molecule has 8 heteroatoms. The molecule has 1 atom stereocenters. The molecule has 3 N–H and O–H groups in total. The summed E-state index contributed by atoms with van der Waals surface area (Å²) in [6.07, 6.45) is 1.25. The average Bonchev–Trinajstić information content (AvgIpc) is 3.23. The van der Waals surface area contributed by atoms with Crippen LogP contribution in [0.2, 0.25) is 0 Å². The molecule has 0 aliphatic carbocycles. The summed E-state index contributed by atoms with van der Waals surface area (Å²) in [6.45, 7) is 3.52. The van der Waals surface area contributed by atoms with E-state index in [2.05, 4.69) is 20.6 Å². The number of nitrogens with zero attached hydrogens (tertiary/aromatic N) is 1. The Morgan fingerprint density at radius 3 is 2.57 bits per heavy atom. The van der Waals surface area contributed by atoms with E-state index < -0.39 is 23.8 Å². The Morgan fingerprint density at radius 1 is 1.07 bits per heavy atom. The summed E-state index contributed by atoms with van der Waals surface area (Å²) >= 11 is 0. The molecular formula is C22H22N4O4. The van der Waals surface area contributed by atoms with Crippen molar-refractivity contribution in [1.29, 1.82) is 0 Å². The number of benzene rings is 2. The molecule has 0 bridgehead atoms. The number of rotatable bonds is 7. The largest absolute Gasteiger partial charge is 0.459 e. The molecule has 0 radical (unpaired) electrons. The highest BCUT2D eigenvalue weighted by Crippen LogP contribution is 2.12. The molecule has 0 saturated heterocycles. The summed E-state index contributed by atoms with van der Waals surface area (Å²) in [7, 11) is 0. The van der Waals surface area contributed by atoms with E-state index in [1.54, 1.807) is 12.1 Å². The van der Waals surface area contributed by atoms with Crippen LogP contribution in [0, 0.1) is 6.92 Å². The lowest BCUT2D eigenvalue weighted by Crippen LogP contribution is -2.40. The van der Waals surface area contributed by atoms with E-state index in [-0.39, 0.29) is 18.0 Å². The zero-order valence-electron chi connectivity index (χ0n) is 16.6. The summed E-state index contributed by atoms with van der Waals surface area (Å²) < 4.78 is 5.22. The van der Waals surface area contributed by atoms with Crippen molar-refractivity contribution < 1.29 is 19.1 Å². The minimum Gasteiger partial charge on any atom is -0.459 e. The van der Waals surface area contributed by atoms with Crippen molar-refractivity contribution in [3.8, 4) is 0 Å². The number of H-pyrrole nitrogens is 1. The number of hydrogen-bond donors (Lipinski definition) is 3. The second-order valence-electron chi connectivity index (χ2n) is 6.74. The molecule has 1 heterocycles. The Bertz CT molecular complexity index is 1050. The minimum absolute atomic E-state index is 0.0390. The number of esters is 1. The molecule has 8 nitrogen and oxygen atoms in total. The number of imidazole rings is 1. The van der Waals surface area contributed by atoms with Gasteiger partial charge in [0, 0.05) is 5.69 Å². The summed E-state index contributed by atoms with van der Waals surface area (Å²) in [4.78, 5) is 43.8. The molecule has 0 fully saturated rings. The van der Waals surface area contributed by atoms with E-state index in [1.807, 2.05) is 49.4 Å². The number of carbonyl (C=O) groups excluding carboxylic acids is 3. The van der Waals surface area contributed by atoms with Crippen molar-refractivity contribution in [2.24, 2.45) is 0 Å². The summed E-state index contributed by atoms with van der Waals surface area (Å²) in [5.74, 6) is -1.75. The average molecular weight is 406 g/mol. The molecule has 0 spiro atoms. The molecule has 0 aliphatic rings. The van der Waals surface area contributed by atoms with E-state index in [9.17, 15) is 14.4 Å². The Balaban J connectivity index is 1.59. The zero-order chi connectivity index (χ0) is 21.5. The van der Waals surface area contributed by atoms with Gasteiger partial charge >= 0.3 is 5.97 Å². The summed E-state index contributed by atoms with van der Waals surface area (Å²) in [5, 5.41) is 5.22. The number of aromatic nitrogens is 2. The van der Waals surface area contributed by atoms with Crippen LogP contribution in [-0.4, -0.2) is 33.8 Å². The molecule has 30 heavy (non-hydrogen) atoms. The molecule has 2 aromatic carbocycles.